The quantitative estimate of drug-likeness (QED) is 0.858. The topological polar surface area (TPSA) is 42.4 Å². The highest BCUT2D eigenvalue weighted by molar-refractivity contribution is 5.82. The molecule has 1 N–H and O–H groups in total. The van der Waals surface area contributed by atoms with Crippen molar-refractivity contribution in [1.82, 2.24) is 4.98 Å². The number of nitrogens with zero attached hydrogens (tertiary/aromatic N) is 1. The number of aromatic nitrogens is 1. The molecule has 1 aliphatic rings. The highest BCUT2D eigenvalue weighted by Gasteiger charge is 2.17. The summed E-state index contributed by atoms with van der Waals surface area (Å²) in [6.07, 6.45) is 2.94. The van der Waals surface area contributed by atoms with E-state index >= 15 is 0 Å². The molecule has 1 saturated heterocycles. The van der Waals surface area contributed by atoms with Gasteiger partial charge in [0.25, 0.3) is 0 Å². The SMILES string of the molecule is OCc1cc2ccc(C3CCOC3)cc2cn1. The van der Waals surface area contributed by atoms with Crippen LogP contribution in [0.1, 0.15) is 23.6 Å². The number of fused-ring (bicyclic) bond motifs is 1. The number of benzene rings is 1. The second kappa shape index (κ2) is 4.43. The van der Waals surface area contributed by atoms with Crippen LogP contribution >= 0.6 is 0 Å². The van der Waals surface area contributed by atoms with Crippen LogP contribution in [0.25, 0.3) is 10.8 Å². The molecule has 1 unspecified atom stereocenters. The van der Waals surface area contributed by atoms with Crippen molar-refractivity contribution in [1.29, 1.82) is 0 Å². The summed E-state index contributed by atoms with van der Waals surface area (Å²) in [5, 5.41) is 11.3. The van der Waals surface area contributed by atoms with Gasteiger partial charge in [-0.3, -0.25) is 4.98 Å². The van der Waals surface area contributed by atoms with Crippen molar-refractivity contribution in [2.45, 2.75) is 18.9 Å². The molecule has 1 aromatic carbocycles. The fourth-order valence-electron chi connectivity index (χ4n) is 2.34. The molecule has 1 aliphatic heterocycles. The Labute approximate surface area is 100 Å². The Morgan fingerprint density at radius 1 is 1.29 bits per heavy atom. The minimum Gasteiger partial charge on any atom is -0.390 e. The van der Waals surface area contributed by atoms with Crippen molar-refractivity contribution >= 4 is 10.8 Å². The molecule has 2 aromatic rings. The van der Waals surface area contributed by atoms with Gasteiger partial charge in [-0.1, -0.05) is 12.1 Å². The maximum Gasteiger partial charge on any atom is 0.0853 e. The molecule has 0 radical (unpaired) electrons. The highest BCUT2D eigenvalue weighted by atomic mass is 16.5. The van der Waals surface area contributed by atoms with Crippen molar-refractivity contribution in [3.05, 3.63) is 41.7 Å². The molecule has 1 fully saturated rings. The van der Waals surface area contributed by atoms with Gasteiger partial charge in [0.2, 0.25) is 0 Å². The van der Waals surface area contributed by atoms with Crippen molar-refractivity contribution in [3.63, 3.8) is 0 Å². The molecule has 2 heterocycles. The number of pyridine rings is 1. The first-order valence-electron chi connectivity index (χ1n) is 5.94. The summed E-state index contributed by atoms with van der Waals surface area (Å²) < 4.78 is 5.41. The Kier molecular flexibility index (Phi) is 2.79. The summed E-state index contributed by atoms with van der Waals surface area (Å²) in [5.41, 5.74) is 2.04. The molecule has 1 atom stereocenters. The fraction of sp³-hybridized carbons (Fsp3) is 0.357. The van der Waals surface area contributed by atoms with E-state index in [0.29, 0.717) is 5.92 Å². The van der Waals surface area contributed by atoms with Gasteiger partial charge >= 0.3 is 0 Å². The lowest BCUT2D eigenvalue weighted by molar-refractivity contribution is 0.194. The third kappa shape index (κ3) is 2.04. The van der Waals surface area contributed by atoms with Crippen LogP contribution in [0.3, 0.4) is 0 Å². The number of aliphatic hydroxyl groups excluding tert-OH is 1. The lowest BCUT2D eigenvalue weighted by Crippen LogP contribution is -1.97. The highest BCUT2D eigenvalue weighted by Crippen LogP contribution is 2.27. The van der Waals surface area contributed by atoms with E-state index in [1.54, 1.807) is 0 Å². The van der Waals surface area contributed by atoms with Crippen molar-refractivity contribution < 1.29 is 9.84 Å². The van der Waals surface area contributed by atoms with Crippen LogP contribution in [0.4, 0.5) is 0 Å². The Hall–Kier alpha value is -1.45. The number of hydrogen-bond acceptors (Lipinski definition) is 3. The monoisotopic (exact) mass is 229 g/mol. The van der Waals surface area contributed by atoms with Gasteiger partial charge in [0, 0.05) is 24.1 Å². The van der Waals surface area contributed by atoms with E-state index in [0.717, 1.165) is 36.1 Å². The smallest absolute Gasteiger partial charge is 0.0853 e. The second-order valence-electron chi connectivity index (χ2n) is 4.50. The Balaban J connectivity index is 2.01. The van der Waals surface area contributed by atoms with Gasteiger partial charge in [-0.2, -0.15) is 0 Å². The lowest BCUT2D eigenvalue weighted by Gasteiger charge is -2.09. The number of aliphatic hydroxyl groups is 1. The van der Waals surface area contributed by atoms with Crippen LogP contribution in [0.2, 0.25) is 0 Å². The minimum absolute atomic E-state index is 0.00580. The predicted molar refractivity (Wildman–Crippen MR) is 65.8 cm³/mol. The van der Waals surface area contributed by atoms with E-state index < -0.39 is 0 Å². The summed E-state index contributed by atoms with van der Waals surface area (Å²) in [5.74, 6) is 0.525. The van der Waals surface area contributed by atoms with Crippen LogP contribution in [-0.2, 0) is 11.3 Å². The van der Waals surface area contributed by atoms with Crippen LogP contribution in [0.5, 0.6) is 0 Å². The molecule has 88 valence electrons. The van der Waals surface area contributed by atoms with E-state index in [2.05, 4.69) is 23.2 Å². The molecule has 3 heteroatoms. The van der Waals surface area contributed by atoms with Gasteiger partial charge < -0.3 is 9.84 Å². The van der Waals surface area contributed by atoms with Crippen LogP contribution < -0.4 is 0 Å². The normalized spacial score (nSPS) is 19.9. The van der Waals surface area contributed by atoms with E-state index in [1.165, 1.54) is 5.56 Å². The molecule has 0 bridgehead atoms. The first kappa shape index (κ1) is 10.7. The molecule has 3 nitrogen and oxygen atoms in total. The van der Waals surface area contributed by atoms with Crippen LogP contribution in [-0.4, -0.2) is 23.3 Å². The summed E-state index contributed by atoms with van der Waals surface area (Å²) >= 11 is 0. The standard InChI is InChI=1S/C14H15NO2/c16-8-14-6-11-2-1-10(5-13(11)7-15-14)12-3-4-17-9-12/h1-2,5-7,12,16H,3-4,8-9H2. The Morgan fingerprint density at radius 3 is 3.00 bits per heavy atom. The molecular weight excluding hydrogens is 214 g/mol. The molecule has 0 spiro atoms. The van der Waals surface area contributed by atoms with E-state index in [-0.39, 0.29) is 6.61 Å². The van der Waals surface area contributed by atoms with Gasteiger partial charge in [-0.05, 0) is 29.5 Å². The van der Waals surface area contributed by atoms with Gasteiger partial charge in [0.1, 0.15) is 0 Å². The summed E-state index contributed by atoms with van der Waals surface area (Å²) in [7, 11) is 0. The average molecular weight is 229 g/mol. The van der Waals surface area contributed by atoms with Gasteiger partial charge in [0.05, 0.1) is 18.9 Å². The zero-order valence-electron chi connectivity index (χ0n) is 9.60. The largest absolute Gasteiger partial charge is 0.390 e. The molecule has 0 aliphatic carbocycles. The first-order valence-corrected chi connectivity index (χ1v) is 5.94. The first-order chi connectivity index (χ1) is 8.36. The molecular formula is C14H15NO2. The van der Waals surface area contributed by atoms with E-state index in [1.807, 2.05) is 12.3 Å². The van der Waals surface area contributed by atoms with Gasteiger partial charge in [-0.25, -0.2) is 0 Å². The third-order valence-corrected chi connectivity index (χ3v) is 3.37. The molecule has 1 aromatic heterocycles. The number of hydrogen-bond donors (Lipinski definition) is 1. The third-order valence-electron chi connectivity index (χ3n) is 3.37. The minimum atomic E-state index is -0.00580. The zero-order chi connectivity index (χ0) is 11.7. The van der Waals surface area contributed by atoms with Crippen LogP contribution in [0, 0.1) is 0 Å². The molecule has 0 amide bonds. The van der Waals surface area contributed by atoms with Gasteiger partial charge in [0.15, 0.2) is 0 Å². The number of ether oxygens (including phenoxy) is 1. The fourth-order valence-corrected chi connectivity index (χ4v) is 2.34. The zero-order valence-corrected chi connectivity index (χ0v) is 9.60. The Morgan fingerprint density at radius 2 is 2.24 bits per heavy atom. The summed E-state index contributed by atoms with van der Waals surface area (Å²) in [6, 6.07) is 8.37. The maximum atomic E-state index is 9.05. The van der Waals surface area contributed by atoms with Crippen molar-refractivity contribution in [2.75, 3.05) is 13.2 Å². The predicted octanol–water partition coefficient (Wildman–Crippen LogP) is 2.23. The average Bonchev–Trinajstić information content (AvgIpc) is 2.91. The van der Waals surface area contributed by atoms with E-state index in [9.17, 15) is 0 Å². The van der Waals surface area contributed by atoms with Gasteiger partial charge in [-0.15, -0.1) is 0 Å². The molecule has 3 rings (SSSR count). The van der Waals surface area contributed by atoms with Crippen LogP contribution in [0.15, 0.2) is 30.5 Å². The summed E-state index contributed by atoms with van der Waals surface area (Å²) in [6.45, 7) is 1.69. The summed E-state index contributed by atoms with van der Waals surface area (Å²) in [4.78, 5) is 4.21. The van der Waals surface area contributed by atoms with Crippen molar-refractivity contribution in [3.8, 4) is 0 Å². The molecule has 0 saturated carbocycles. The number of rotatable bonds is 2. The van der Waals surface area contributed by atoms with E-state index in [4.69, 9.17) is 9.84 Å². The lowest BCUT2D eigenvalue weighted by atomic mass is 9.96. The second-order valence-corrected chi connectivity index (χ2v) is 4.50. The Bertz CT molecular complexity index is 533. The van der Waals surface area contributed by atoms with Crippen molar-refractivity contribution in [2.24, 2.45) is 0 Å². The molecule has 17 heavy (non-hydrogen) atoms. The maximum absolute atomic E-state index is 9.05.